The van der Waals surface area contributed by atoms with E-state index in [-0.39, 0.29) is 12.2 Å². The third kappa shape index (κ3) is 3.79. The SMILES string of the molecule is OCC(O)CNc1ccc(C(F)(F)F)c(O)c1. The Bertz CT molecular complexity index is 382. The average molecular weight is 251 g/mol. The van der Waals surface area contributed by atoms with Gasteiger partial charge in [0.1, 0.15) is 5.75 Å². The monoisotopic (exact) mass is 251 g/mol. The molecule has 0 heterocycles. The number of rotatable bonds is 4. The van der Waals surface area contributed by atoms with Gasteiger partial charge in [0.2, 0.25) is 0 Å². The Balaban J connectivity index is 2.76. The molecule has 0 aliphatic carbocycles. The zero-order valence-corrected chi connectivity index (χ0v) is 8.70. The van der Waals surface area contributed by atoms with E-state index in [1.165, 1.54) is 0 Å². The lowest BCUT2D eigenvalue weighted by Gasteiger charge is -2.13. The van der Waals surface area contributed by atoms with E-state index in [9.17, 15) is 18.3 Å². The molecule has 0 aliphatic rings. The van der Waals surface area contributed by atoms with E-state index >= 15 is 0 Å². The van der Waals surface area contributed by atoms with Crippen molar-refractivity contribution in [2.24, 2.45) is 0 Å². The first-order valence-corrected chi connectivity index (χ1v) is 4.77. The first-order chi connectivity index (χ1) is 7.84. The summed E-state index contributed by atoms with van der Waals surface area (Å²) in [5, 5.41) is 29.3. The lowest BCUT2D eigenvalue weighted by atomic mass is 10.1. The van der Waals surface area contributed by atoms with Gasteiger partial charge < -0.3 is 20.6 Å². The Morgan fingerprint density at radius 2 is 1.94 bits per heavy atom. The van der Waals surface area contributed by atoms with Crippen LogP contribution in [0.25, 0.3) is 0 Å². The van der Waals surface area contributed by atoms with Gasteiger partial charge in [0.25, 0.3) is 0 Å². The molecule has 96 valence electrons. The number of alkyl halides is 3. The van der Waals surface area contributed by atoms with Gasteiger partial charge in [0.05, 0.1) is 18.3 Å². The van der Waals surface area contributed by atoms with Crippen LogP contribution in [0.1, 0.15) is 5.56 Å². The van der Waals surface area contributed by atoms with Crippen LogP contribution in [0.3, 0.4) is 0 Å². The van der Waals surface area contributed by atoms with E-state index in [1.54, 1.807) is 0 Å². The highest BCUT2D eigenvalue weighted by molar-refractivity contribution is 5.52. The Morgan fingerprint density at radius 1 is 1.29 bits per heavy atom. The zero-order valence-electron chi connectivity index (χ0n) is 8.70. The van der Waals surface area contributed by atoms with E-state index in [2.05, 4.69) is 5.32 Å². The number of hydrogen-bond acceptors (Lipinski definition) is 4. The van der Waals surface area contributed by atoms with Crippen LogP contribution in [0, 0.1) is 0 Å². The average Bonchev–Trinajstić information content (AvgIpc) is 2.24. The van der Waals surface area contributed by atoms with Crippen molar-refractivity contribution in [3.8, 4) is 5.75 Å². The lowest BCUT2D eigenvalue weighted by molar-refractivity contribution is -0.138. The van der Waals surface area contributed by atoms with E-state index in [1.807, 2.05) is 0 Å². The van der Waals surface area contributed by atoms with Gasteiger partial charge in [-0.3, -0.25) is 0 Å². The molecule has 17 heavy (non-hydrogen) atoms. The largest absolute Gasteiger partial charge is 0.507 e. The van der Waals surface area contributed by atoms with Gasteiger partial charge in [-0.25, -0.2) is 0 Å². The highest BCUT2D eigenvalue weighted by Crippen LogP contribution is 2.36. The first-order valence-electron chi connectivity index (χ1n) is 4.77. The second-order valence-electron chi connectivity index (χ2n) is 3.45. The second kappa shape index (κ2) is 5.24. The van der Waals surface area contributed by atoms with E-state index < -0.39 is 30.2 Å². The van der Waals surface area contributed by atoms with Gasteiger partial charge >= 0.3 is 6.18 Å². The van der Waals surface area contributed by atoms with Crippen molar-refractivity contribution in [1.29, 1.82) is 0 Å². The van der Waals surface area contributed by atoms with E-state index in [4.69, 9.17) is 10.2 Å². The van der Waals surface area contributed by atoms with Gasteiger partial charge in [-0.1, -0.05) is 0 Å². The number of aliphatic hydroxyl groups excluding tert-OH is 2. The van der Waals surface area contributed by atoms with Crippen molar-refractivity contribution >= 4 is 5.69 Å². The first kappa shape index (κ1) is 13.6. The highest BCUT2D eigenvalue weighted by Gasteiger charge is 2.33. The molecule has 0 saturated heterocycles. The maximum absolute atomic E-state index is 12.3. The van der Waals surface area contributed by atoms with Crippen molar-refractivity contribution in [3.05, 3.63) is 23.8 Å². The normalized spacial score (nSPS) is 13.5. The minimum absolute atomic E-state index is 0.0265. The van der Waals surface area contributed by atoms with Crippen molar-refractivity contribution < 1.29 is 28.5 Å². The summed E-state index contributed by atoms with van der Waals surface area (Å²) >= 11 is 0. The summed E-state index contributed by atoms with van der Waals surface area (Å²) < 4.78 is 36.9. The minimum Gasteiger partial charge on any atom is -0.507 e. The van der Waals surface area contributed by atoms with Crippen LogP contribution < -0.4 is 5.32 Å². The summed E-state index contributed by atoms with van der Waals surface area (Å²) in [5.74, 6) is -0.888. The van der Waals surface area contributed by atoms with Gasteiger partial charge in [0.15, 0.2) is 0 Å². The molecular formula is C10H12F3NO3. The van der Waals surface area contributed by atoms with Crippen LogP contribution in [0.4, 0.5) is 18.9 Å². The topological polar surface area (TPSA) is 72.7 Å². The van der Waals surface area contributed by atoms with Crippen molar-refractivity contribution in [2.45, 2.75) is 12.3 Å². The quantitative estimate of drug-likeness (QED) is 0.648. The second-order valence-corrected chi connectivity index (χ2v) is 3.45. The molecule has 4 N–H and O–H groups in total. The van der Waals surface area contributed by atoms with Crippen LogP contribution in [-0.2, 0) is 6.18 Å². The molecule has 1 unspecified atom stereocenters. The van der Waals surface area contributed by atoms with Gasteiger partial charge in [0, 0.05) is 18.3 Å². The smallest absolute Gasteiger partial charge is 0.419 e. The molecule has 4 nitrogen and oxygen atoms in total. The Kier molecular flexibility index (Phi) is 4.19. The third-order valence-electron chi connectivity index (χ3n) is 2.06. The summed E-state index contributed by atoms with van der Waals surface area (Å²) in [6.45, 7) is -0.485. The number of aliphatic hydroxyl groups is 2. The molecule has 1 rings (SSSR count). The number of halogens is 3. The summed E-state index contributed by atoms with van der Waals surface area (Å²) in [4.78, 5) is 0. The fourth-order valence-corrected chi connectivity index (χ4v) is 1.18. The number of benzene rings is 1. The van der Waals surface area contributed by atoms with Crippen LogP contribution in [0.15, 0.2) is 18.2 Å². The molecule has 0 bridgehead atoms. The molecule has 0 aliphatic heterocycles. The minimum atomic E-state index is -4.60. The van der Waals surface area contributed by atoms with Crippen molar-refractivity contribution in [1.82, 2.24) is 0 Å². The Labute approximate surface area is 95.3 Å². The molecule has 0 aromatic heterocycles. The Hall–Kier alpha value is -1.47. The maximum atomic E-state index is 12.3. The summed E-state index contributed by atoms with van der Waals surface area (Å²) in [7, 11) is 0. The molecule has 1 aromatic carbocycles. The number of phenols is 1. The van der Waals surface area contributed by atoms with Gasteiger partial charge in [-0.15, -0.1) is 0 Å². The fraction of sp³-hybridized carbons (Fsp3) is 0.400. The van der Waals surface area contributed by atoms with Crippen LogP contribution in [0.5, 0.6) is 5.75 Å². The molecule has 0 amide bonds. The maximum Gasteiger partial charge on any atom is 0.419 e. The molecule has 0 spiro atoms. The van der Waals surface area contributed by atoms with Crippen molar-refractivity contribution in [3.63, 3.8) is 0 Å². The molecular weight excluding hydrogens is 239 g/mol. The standard InChI is InChI=1S/C10H12F3NO3/c11-10(12,13)8-2-1-6(3-9(8)17)14-4-7(16)5-15/h1-3,7,14-17H,4-5H2. The summed E-state index contributed by atoms with van der Waals surface area (Å²) in [5.41, 5.74) is -0.895. The number of anilines is 1. The summed E-state index contributed by atoms with van der Waals surface area (Å²) in [6.07, 6.45) is -5.62. The van der Waals surface area contributed by atoms with Crippen LogP contribution >= 0.6 is 0 Å². The number of hydrogen-bond donors (Lipinski definition) is 4. The van der Waals surface area contributed by atoms with Gasteiger partial charge in [-0.05, 0) is 12.1 Å². The van der Waals surface area contributed by atoms with Crippen LogP contribution in [-0.4, -0.2) is 34.6 Å². The Morgan fingerprint density at radius 3 is 2.41 bits per heavy atom. The predicted octanol–water partition coefficient (Wildman–Crippen LogP) is 1.18. The highest BCUT2D eigenvalue weighted by atomic mass is 19.4. The van der Waals surface area contributed by atoms with Crippen LogP contribution in [0.2, 0.25) is 0 Å². The molecule has 1 atom stereocenters. The predicted molar refractivity (Wildman–Crippen MR) is 54.7 cm³/mol. The number of nitrogens with one attached hydrogen (secondary N) is 1. The summed E-state index contributed by atoms with van der Waals surface area (Å²) in [6, 6.07) is 2.78. The number of aromatic hydroxyl groups is 1. The third-order valence-corrected chi connectivity index (χ3v) is 2.06. The lowest BCUT2D eigenvalue weighted by Crippen LogP contribution is -2.22. The van der Waals surface area contributed by atoms with Crippen molar-refractivity contribution in [2.75, 3.05) is 18.5 Å². The molecule has 0 saturated carbocycles. The molecule has 0 radical (unpaired) electrons. The van der Waals surface area contributed by atoms with E-state index in [0.717, 1.165) is 18.2 Å². The van der Waals surface area contributed by atoms with Gasteiger partial charge in [-0.2, -0.15) is 13.2 Å². The number of phenolic OH excluding ortho intramolecular Hbond substituents is 1. The molecule has 7 heteroatoms. The zero-order chi connectivity index (χ0) is 13.1. The molecule has 0 fully saturated rings. The fourth-order valence-electron chi connectivity index (χ4n) is 1.18. The molecule has 1 aromatic rings. The van der Waals surface area contributed by atoms with E-state index in [0.29, 0.717) is 0 Å².